The quantitative estimate of drug-likeness (QED) is 0.287. The minimum Gasteiger partial charge on any atom is -0.507 e. The molecule has 0 unspecified atom stereocenters. The number of rotatable bonds is 1. The molecule has 0 aliphatic carbocycles. The van der Waals surface area contributed by atoms with Gasteiger partial charge in [-0.05, 0) is 43.7 Å². The molecule has 0 saturated carbocycles. The Morgan fingerprint density at radius 3 is 2.00 bits per heavy atom. The van der Waals surface area contributed by atoms with Gasteiger partial charge in [-0.3, -0.25) is 0 Å². The molecule has 25 heavy (non-hydrogen) atoms. The lowest BCUT2D eigenvalue weighted by molar-refractivity contribution is 0.321. The van der Waals surface area contributed by atoms with Gasteiger partial charge in [0, 0.05) is 26.9 Å². The van der Waals surface area contributed by atoms with Crippen molar-refractivity contribution < 1.29 is 19.6 Å². The van der Waals surface area contributed by atoms with Gasteiger partial charge < -0.3 is 15.4 Å². The van der Waals surface area contributed by atoms with E-state index in [0.717, 1.165) is 11.1 Å². The largest absolute Gasteiger partial charge is 0.507 e. The highest BCUT2D eigenvalue weighted by atomic mass is 36.0. The van der Waals surface area contributed by atoms with E-state index >= 15 is 0 Å². The van der Waals surface area contributed by atoms with Gasteiger partial charge >= 0.3 is 0 Å². The minimum absolute atomic E-state index is 0.0492. The van der Waals surface area contributed by atoms with Crippen LogP contribution in [0.5, 0.6) is 11.5 Å². The molecule has 0 aliphatic heterocycles. The van der Waals surface area contributed by atoms with Crippen LogP contribution in [0, 0.1) is 25.2 Å². The summed E-state index contributed by atoms with van der Waals surface area (Å²) in [7, 11) is 7.36. The van der Waals surface area contributed by atoms with Crippen molar-refractivity contribution in [3.8, 4) is 17.6 Å². The van der Waals surface area contributed by atoms with Gasteiger partial charge in [-0.15, -0.1) is 0 Å². The summed E-state index contributed by atoms with van der Waals surface area (Å²) >= 11 is 0. The molecule has 2 rings (SSSR count). The third-order valence-corrected chi connectivity index (χ3v) is 2.65. The maximum atomic E-state index is 9.16. The maximum Gasteiger partial charge on any atom is 0.211 e. The fraction of sp³-hybridized carbons (Fsp3) is 0.125. The first kappa shape index (κ1) is 22.7. The highest BCUT2D eigenvalue weighted by molar-refractivity contribution is 8.26. The van der Waals surface area contributed by atoms with E-state index in [2.05, 4.69) is 26.5 Å². The Hall–Kier alpha value is -2.27. The van der Waals surface area contributed by atoms with E-state index in [-0.39, 0.29) is 11.5 Å². The third kappa shape index (κ3) is 10.2. The number of oxime groups is 1. The molecule has 2 aromatic rings. The van der Waals surface area contributed by atoms with Crippen LogP contribution in [-0.4, -0.2) is 25.8 Å². The van der Waals surface area contributed by atoms with Crippen LogP contribution < -0.4 is 0 Å². The Morgan fingerprint density at radius 1 is 1.08 bits per heavy atom. The van der Waals surface area contributed by atoms with Crippen LogP contribution in [0.4, 0.5) is 0 Å². The predicted molar refractivity (Wildman–Crippen MR) is 99.6 cm³/mol. The number of phenols is 2. The van der Waals surface area contributed by atoms with Gasteiger partial charge in [0.05, 0.1) is 11.8 Å². The van der Waals surface area contributed by atoms with Crippen LogP contribution >= 0.6 is 21.4 Å². The van der Waals surface area contributed by atoms with Crippen LogP contribution in [-0.2, 0) is 9.23 Å². The number of benzene rings is 2. The second kappa shape index (κ2) is 12.1. The lowest BCUT2D eigenvalue weighted by Gasteiger charge is -1.97. The van der Waals surface area contributed by atoms with E-state index < -0.39 is 9.23 Å². The molecular weight excluding hydrogens is 387 g/mol. The van der Waals surface area contributed by atoms with E-state index in [4.69, 9.17) is 24.9 Å². The topological polar surface area (TPSA) is 114 Å². The van der Waals surface area contributed by atoms with E-state index in [1.807, 2.05) is 19.9 Å². The summed E-state index contributed by atoms with van der Waals surface area (Å²) in [6, 6.07) is 11.9. The summed E-state index contributed by atoms with van der Waals surface area (Å²) in [4.78, 5) is 0. The second-order valence-electron chi connectivity index (χ2n) is 4.62. The highest BCUT2D eigenvalue weighted by Crippen LogP contribution is 2.16. The van der Waals surface area contributed by atoms with Gasteiger partial charge in [-0.2, -0.15) is 5.26 Å². The average Bonchev–Trinajstić information content (AvgIpc) is 2.53. The van der Waals surface area contributed by atoms with E-state index in [9.17, 15) is 0 Å². The second-order valence-corrected chi connectivity index (χ2v) is 7.15. The molecule has 0 radical (unpaired) electrons. The van der Waals surface area contributed by atoms with Crippen molar-refractivity contribution in [2.75, 3.05) is 0 Å². The van der Waals surface area contributed by atoms with Gasteiger partial charge in [0.15, 0.2) is 0 Å². The zero-order valence-electron chi connectivity index (χ0n) is 13.3. The van der Waals surface area contributed by atoms with Crippen LogP contribution in [0.3, 0.4) is 0 Å². The Kier molecular flexibility index (Phi) is 11.0. The number of halogens is 2. The van der Waals surface area contributed by atoms with Crippen LogP contribution in [0.1, 0.15) is 22.3 Å². The molecule has 9 heteroatoms. The first-order valence-corrected chi connectivity index (χ1v) is 9.42. The standard InChI is InChI=1S/C8H9NO2.C8H7NO.Cl2OS/c1-6-2-3-8(10)7(4-6)5-9-11;1-6-2-3-8(10)7(4-6)5-9;1-4(2)3/h2-5,10-11H,1H3;2-4,10H,1H3;. The molecule has 3 N–H and O–H groups in total. The van der Waals surface area contributed by atoms with Crippen molar-refractivity contribution in [1.29, 1.82) is 5.26 Å². The molecule has 0 spiro atoms. The first-order chi connectivity index (χ1) is 11.7. The van der Waals surface area contributed by atoms with Crippen molar-refractivity contribution >= 4 is 36.8 Å². The Bertz CT molecular complexity index is 788. The van der Waals surface area contributed by atoms with Crippen molar-refractivity contribution in [3.05, 3.63) is 58.7 Å². The van der Waals surface area contributed by atoms with Crippen molar-refractivity contribution in [2.24, 2.45) is 5.16 Å². The lowest BCUT2D eigenvalue weighted by atomic mass is 10.1. The molecule has 0 amide bonds. The highest BCUT2D eigenvalue weighted by Gasteiger charge is 1.97. The van der Waals surface area contributed by atoms with Gasteiger partial charge in [0.1, 0.15) is 17.6 Å². The molecule has 0 fully saturated rings. The molecule has 2 aromatic carbocycles. The number of hydrogen-bond acceptors (Lipinski definition) is 6. The average molecular weight is 403 g/mol. The number of phenolic OH excluding ortho intramolecular Hbond substituents is 2. The molecule has 134 valence electrons. The van der Waals surface area contributed by atoms with Crippen molar-refractivity contribution in [2.45, 2.75) is 13.8 Å². The number of aryl methyl sites for hydroxylation is 2. The summed E-state index contributed by atoms with van der Waals surface area (Å²) in [5.41, 5.74) is 2.85. The zero-order valence-corrected chi connectivity index (χ0v) is 15.7. The summed E-state index contributed by atoms with van der Waals surface area (Å²) in [6.07, 6.45) is 1.20. The summed E-state index contributed by atoms with van der Waals surface area (Å²) in [5, 5.41) is 37.6. The number of aromatic hydroxyl groups is 2. The molecule has 0 bridgehead atoms. The van der Waals surface area contributed by atoms with Crippen molar-refractivity contribution in [3.63, 3.8) is 0 Å². The monoisotopic (exact) mass is 402 g/mol. The van der Waals surface area contributed by atoms with Crippen LogP contribution in [0.15, 0.2) is 41.6 Å². The number of hydrogen-bond donors (Lipinski definition) is 3. The summed E-state index contributed by atoms with van der Waals surface area (Å²) in [5.74, 6) is 0.168. The molecule has 0 aliphatic rings. The van der Waals surface area contributed by atoms with Crippen LogP contribution in [0.25, 0.3) is 0 Å². The van der Waals surface area contributed by atoms with E-state index in [1.54, 1.807) is 30.3 Å². The predicted octanol–water partition coefficient (Wildman–Crippen LogP) is 4.12. The Balaban J connectivity index is 0.000000383. The van der Waals surface area contributed by atoms with Gasteiger partial charge in [-0.1, -0.05) is 22.9 Å². The lowest BCUT2D eigenvalue weighted by Crippen LogP contribution is -1.83. The fourth-order valence-corrected chi connectivity index (χ4v) is 1.58. The number of nitriles is 1. The smallest absolute Gasteiger partial charge is 0.211 e. The van der Waals surface area contributed by atoms with Gasteiger partial charge in [0.25, 0.3) is 0 Å². The van der Waals surface area contributed by atoms with E-state index in [1.165, 1.54) is 12.3 Å². The minimum atomic E-state index is -1.67. The molecule has 0 saturated heterocycles. The summed E-state index contributed by atoms with van der Waals surface area (Å²) in [6.45, 7) is 3.77. The Labute approximate surface area is 157 Å². The SMILES string of the molecule is Cc1ccc(O)c(C#N)c1.Cc1ccc(O)c(C=NO)c1.O=S(Cl)Cl. The number of nitrogens with zero attached hydrogens (tertiary/aromatic N) is 2. The Morgan fingerprint density at radius 2 is 1.56 bits per heavy atom. The molecule has 0 heterocycles. The van der Waals surface area contributed by atoms with Crippen molar-refractivity contribution in [1.82, 2.24) is 0 Å². The molecule has 6 nitrogen and oxygen atoms in total. The maximum absolute atomic E-state index is 9.16. The summed E-state index contributed by atoms with van der Waals surface area (Å²) < 4.78 is 9.09. The molecule has 0 aromatic heterocycles. The zero-order chi connectivity index (χ0) is 19.4. The third-order valence-electron chi connectivity index (χ3n) is 2.65. The van der Waals surface area contributed by atoms with E-state index in [0.29, 0.717) is 11.1 Å². The van der Waals surface area contributed by atoms with Crippen LogP contribution in [0.2, 0.25) is 0 Å². The fourth-order valence-electron chi connectivity index (χ4n) is 1.58. The normalized spacial score (nSPS) is 9.60. The van der Waals surface area contributed by atoms with Gasteiger partial charge in [0.2, 0.25) is 9.23 Å². The van der Waals surface area contributed by atoms with Gasteiger partial charge in [-0.25, -0.2) is 4.21 Å². The first-order valence-electron chi connectivity index (χ1n) is 6.62. The molecule has 0 atom stereocenters. The molecular formula is C16H16Cl2N2O4S.